The van der Waals surface area contributed by atoms with Crippen LogP contribution in [0.2, 0.25) is 5.02 Å². The summed E-state index contributed by atoms with van der Waals surface area (Å²) in [6, 6.07) is 3.70. The molecule has 0 aliphatic rings. The van der Waals surface area contributed by atoms with E-state index in [1.165, 1.54) is 18.2 Å². The quantitative estimate of drug-likeness (QED) is 0.916. The molecule has 0 aliphatic carbocycles. The first-order valence-corrected chi connectivity index (χ1v) is 5.54. The van der Waals surface area contributed by atoms with Crippen LogP contribution in [0.4, 0.5) is 4.39 Å². The van der Waals surface area contributed by atoms with Crippen LogP contribution in [0.5, 0.6) is 0 Å². The summed E-state index contributed by atoms with van der Waals surface area (Å²) in [7, 11) is 0. The first-order chi connectivity index (χ1) is 8.11. The van der Waals surface area contributed by atoms with Gasteiger partial charge in [0.25, 0.3) is 0 Å². The zero-order valence-electron chi connectivity index (χ0n) is 9.15. The van der Waals surface area contributed by atoms with Gasteiger partial charge in [0, 0.05) is 5.56 Å². The van der Waals surface area contributed by atoms with Gasteiger partial charge in [0.1, 0.15) is 5.82 Å². The van der Waals surface area contributed by atoms with Crippen LogP contribution in [0.1, 0.15) is 25.3 Å². The Morgan fingerprint density at radius 1 is 1.53 bits per heavy atom. The molecule has 0 saturated heterocycles. The third kappa shape index (κ3) is 2.45. The molecule has 1 atom stereocenters. The molecule has 2 rings (SSSR count). The van der Waals surface area contributed by atoms with Gasteiger partial charge < -0.3 is 10.3 Å². The molecular formula is C11H11ClFN3O. The second-order valence-electron chi connectivity index (χ2n) is 3.60. The van der Waals surface area contributed by atoms with E-state index >= 15 is 0 Å². The summed E-state index contributed by atoms with van der Waals surface area (Å²) in [5.74, 6) is 0.254. The van der Waals surface area contributed by atoms with Crippen molar-refractivity contribution in [1.82, 2.24) is 10.1 Å². The zero-order valence-corrected chi connectivity index (χ0v) is 9.91. The summed E-state index contributed by atoms with van der Waals surface area (Å²) in [6.07, 6.45) is 0.693. The zero-order chi connectivity index (χ0) is 12.4. The fourth-order valence-corrected chi connectivity index (χ4v) is 1.59. The van der Waals surface area contributed by atoms with Gasteiger partial charge in [-0.2, -0.15) is 4.98 Å². The molecule has 0 bridgehead atoms. The normalized spacial score (nSPS) is 12.7. The van der Waals surface area contributed by atoms with Crippen LogP contribution in [-0.4, -0.2) is 10.1 Å². The number of hydrogen-bond donors (Lipinski definition) is 1. The van der Waals surface area contributed by atoms with Gasteiger partial charge in [0.05, 0.1) is 11.1 Å². The van der Waals surface area contributed by atoms with Gasteiger partial charge in [-0.1, -0.05) is 23.7 Å². The highest BCUT2D eigenvalue weighted by Crippen LogP contribution is 2.27. The lowest BCUT2D eigenvalue weighted by molar-refractivity contribution is 0.352. The molecule has 2 aromatic rings. The van der Waals surface area contributed by atoms with Crippen LogP contribution in [0.3, 0.4) is 0 Å². The Labute approximate surface area is 103 Å². The predicted molar refractivity (Wildman–Crippen MR) is 61.9 cm³/mol. The molecule has 90 valence electrons. The van der Waals surface area contributed by atoms with Gasteiger partial charge in [-0.3, -0.25) is 0 Å². The Morgan fingerprint density at radius 3 is 2.94 bits per heavy atom. The summed E-state index contributed by atoms with van der Waals surface area (Å²) in [4.78, 5) is 4.13. The van der Waals surface area contributed by atoms with Crippen molar-refractivity contribution in [3.05, 3.63) is 34.9 Å². The van der Waals surface area contributed by atoms with Crippen molar-refractivity contribution in [3.63, 3.8) is 0 Å². The standard InChI is InChI=1S/C11H11ClFN3O/c1-2-9(14)11-15-10(16-17-11)7-4-3-6(13)5-8(7)12/h3-5,9H,2,14H2,1H3/t9-/m0/s1. The molecule has 0 radical (unpaired) electrons. The van der Waals surface area contributed by atoms with E-state index in [4.69, 9.17) is 21.9 Å². The van der Waals surface area contributed by atoms with Crippen molar-refractivity contribution in [3.8, 4) is 11.4 Å². The van der Waals surface area contributed by atoms with E-state index in [9.17, 15) is 4.39 Å². The maximum atomic E-state index is 12.9. The number of benzene rings is 1. The molecule has 0 aliphatic heterocycles. The van der Waals surface area contributed by atoms with Crippen molar-refractivity contribution >= 4 is 11.6 Å². The molecule has 0 unspecified atom stereocenters. The maximum absolute atomic E-state index is 12.9. The van der Waals surface area contributed by atoms with Crippen LogP contribution in [0, 0.1) is 5.82 Å². The van der Waals surface area contributed by atoms with Crippen molar-refractivity contribution in [2.75, 3.05) is 0 Å². The van der Waals surface area contributed by atoms with Gasteiger partial charge in [0.2, 0.25) is 11.7 Å². The summed E-state index contributed by atoms with van der Waals surface area (Å²) in [5, 5.41) is 4.01. The van der Waals surface area contributed by atoms with E-state index in [-0.39, 0.29) is 11.1 Å². The number of nitrogens with zero attached hydrogens (tertiary/aromatic N) is 2. The van der Waals surface area contributed by atoms with Crippen LogP contribution in [0.25, 0.3) is 11.4 Å². The highest BCUT2D eigenvalue weighted by molar-refractivity contribution is 6.33. The van der Waals surface area contributed by atoms with Gasteiger partial charge in [-0.25, -0.2) is 4.39 Å². The lowest BCUT2D eigenvalue weighted by atomic mass is 10.2. The second-order valence-corrected chi connectivity index (χ2v) is 4.00. The Bertz CT molecular complexity index is 529. The fraction of sp³-hybridized carbons (Fsp3) is 0.273. The molecule has 1 aromatic heterocycles. The summed E-state index contributed by atoms with van der Waals surface area (Å²) in [5.41, 5.74) is 6.28. The number of aromatic nitrogens is 2. The minimum atomic E-state index is -0.410. The van der Waals surface area contributed by atoms with E-state index < -0.39 is 5.82 Å². The third-order valence-electron chi connectivity index (χ3n) is 2.37. The van der Waals surface area contributed by atoms with Gasteiger partial charge in [0.15, 0.2) is 0 Å². The minimum absolute atomic E-state index is 0.238. The first-order valence-electron chi connectivity index (χ1n) is 5.16. The average molecular weight is 256 g/mol. The Balaban J connectivity index is 2.37. The molecule has 0 fully saturated rings. The number of halogens is 2. The molecule has 17 heavy (non-hydrogen) atoms. The van der Waals surface area contributed by atoms with Gasteiger partial charge in [-0.05, 0) is 24.6 Å². The Kier molecular flexibility index (Phi) is 3.40. The molecule has 6 heteroatoms. The molecule has 4 nitrogen and oxygen atoms in total. The molecule has 1 heterocycles. The van der Waals surface area contributed by atoms with Crippen molar-refractivity contribution in [2.45, 2.75) is 19.4 Å². The monoisotopic (exact) mass is 255 g/mol. The largest absolute Gasteiger partial charge is 0.337 e. The van der Waals surface area contributed by atoms with Gasteiger partial charge in [-0.15, -0.1) is 0 Å². The van der Waals surface area contributed by atoms with E-state index in [2.05, 4.69) is 10.1 Å². The van der Waals surface area contributed by atoms with E-state index in [1.54, 1.807) is 0 Å². The lowest BCUT2D eigenvalue weighted by Crippen LogP contribution is -2.08. The summed E-state index contributed by atoms with van der Waals surface area (Å²) < 4.78 is 17.9. The summed E-state index contributed by atoms with van der Waals surface area (Å²) >= 11 is 5.89. The molecular weight excluding hydrogens is 245 g/mol. The highest BCUT2D eigenvalue weighted by Gasteiger charge is 2.15. The van der Waals surface area contributed by atoms with Crippen LogP contribution in [-0.2, 0) is 0 Å². The lowest BCUT2D eigenvalue weighted by Gasteiger charge is -2.00. The van der Waals surface area contributed by atoms with E-state index in [0.717, 1.165) is 0 Å². The van der Waals surface area contributed by atoms with Crippen molar-refractivity contribution in [1.29, 1.82) is 0 Å². The maximum Gasteiger partial charge on any atom is 0.243 e. The summed E-state index contributed by atoms with van der Waals surface area (Å²) in [6.45, 7) is 1.92. The smallest absolute Gasteiger partial charge is 0.243 e. The highest BCUT2D eigenvalue weighted by atomic mass is 35.5. The average Bonchev–Trinajstić information content (AvgIpc) is 2.77. The molecule has 2 N–H and O–H groups in total. The van der Waals surface area contributed by atoms with Crippen LogP contribution >= 0.6 is 11.6 Å². The molecule has 0 amide bonds. The first kappa shape index (κ1) is 12.0. The topological polar surface area (TPSA) is 64.9 Å². The second kappa shape index (κ2) is 4.81. The SMILES string of the molecule is CC[C@H](N)c1nc(-c2ccc(F)cc2Cl)no1. The van der Waals surface area contributed by atoms with Crippen molar-refractivity contribution in [2.24, 2.45) is 5.73 Å². The number of rotatable bonds is 3. The predicted octanol–water partition coefficient (Wildman–Crippen LogP) is 2.94. The number of nitrogens with two attached hydrogens (primary N) is 1. The minimum Gasteiger partial charge on any atom is -0.337 e. The van der Waals surface area contributed by atoms with Crippen LogP contribution in [0.15, 0.2) is 22.7 Å². The third-order valence-corrected chi connectivity index (χ3v) is 2.68. The van der Waals surface area contributed by atoms with E-state index in [1.807, 2.05) is 6.92 Å². The van der Waals surface area contributed by atoms with Crippen molar-refractivity contribution < 1.29 is 8.91 Å². The van der Waals surface area contributed by atoms with Crippen LogP contribution < -0.4 is 5.73 Å². The number of hydrogen-bond acceptors (Lipinski definition) is 4. The molecule has 0 saturated carbocycles. The fourth-order valence-electron chi connectivity index (χ4n) is 1.34. The Hall–Kier alpha value is -1.46. The van der Waals surface area contributed by atoms with Gasteiger partial charge >= 0.3 is 0 Å². The van der Waals surface area contributed by atoms with E-state index in [0.29, 0.717) is 23.7 Å². The molecule has 1 aromatic carbocycles. The molecule has 0 spiro atoms. The Morgan fingerprint density at radius 2 is 2.29 bits per heavy atom.